The highest BCUT2D eigenvalue weighted by atomic mass is 16.4. The van der Waals surface area contributed by atoms with Gasteiger partial charge in [0.25, 0.3) is 0 Å². The van der Waals surface area contributed by atoms with E-state index in [2.05, 4.69) is 0 Å². The molecule has 3 aromatic carbocycles. The molecule has 0 saturated heterocycles. The lowest BCUT2D eigenvalue weighted by Gasteiger charge is -2.13. The molecule has 1 aromatic heterocycles. The third-order valence-corrected chi connectivity index (χ3v) is 5.86. The van der Waals surface area contributed by atoms with Crippen LogP contribution in [0.4, 0.5) is 11.4 Å². The van der Waals surface area contributed by atoms with E-state index in [0.717, 1.165) is 22.5 Å². The van der Waals surface area contributed by atoms with Crippen LogP contribution in [0.25, 0.3) is 34.0 Å². The second-order valence-corrected chi connectivity index (χ2v) is 8.64. The van der Waals surface area contributed by atoms with E-state index in [1.54, 1.807) is 19.9 Å². The number of anilines is 2. The zero-order chi connectivity index (χ0) is 23.9. The maximum atomic E-state index is 10.7. The Morgan fingerprint density at radius 3 is 1.76 bits per heavy atom. The molecule has 2 N–H and O–H groups in total. The number of aryl methyl sites for hydroxylation is 1. The Labute approximate surface area is 194 Å². The average Bonchev–Trinajstić information content (AvgIpc) is 3.25. The molecule has 6 heteroatoms. The zero-order valence-corrected chi connectivity index (χ0v) is 19.8. The third kappa shape index (κ3) is 4.12. The molecular formula is C27H29N3O3. The van der Waals surface area contributed by atoms with Crippen molar-refractivity contribution in [1.82, 2.24) is 4.98 Å². The quantitative estimate of drug-likeness (QED) is 0.404. The second-order valence-electron chi connectivity index (χ2n) is 8.64. The van der Waals surface area contributed by atoms with Crippen molar-refractivity contribution < 1.29 is 14.6 Å². The maximum absolute atomic E-state index is 10.7. The molecule has 0 spiro atoms. The van der Waals surface area contributed by atoms with Crippen molar-refractivity contribution >= 4 is 11.4 Å². The summed E-state index contributed by atoms with van der Waals surface area (Å²) >= 11 is 0. The molecule has 0 amide bonds. The average molecular weight is 444 g/mol. The Bertz CT molecular complexity index is 1220. The van der Waals surface area contributed by atoms with Gasteiger partial charge in [0.1, 0.15) is 17.2 Å². The molecule has 33 heavy (non-hydrogen) atoms. The fourth-order valence-electron chi connectivity index (χ4n) is 3.78. The SMILES string of the molecule is Cc1cc(-c2nc(-c3ccc(N(C)C)cc3)c(-c3ccc(N(C)C)cc3)o2)c(O)c(C)c1O. The highest BCUT2D eigenvalue weighted by Crippen LogP contribution is 2.42. The standard InChI is InChI=1S/C27H29N3O3/c1-16-15-22(25(32)17(2)24(16)31)27-28-23(18-7-11-20(12-8-18)29(3)4)26(33-27)19-9-13-21(14-10-19)30(5)6/h7-15,31-32H,1-6H3. The van der Waals surface area contributed by atoms with Crippen molar-refractivity contribution in [3.8, 4) is 45.5 Å². The first-order chi connectivity index (χ1) is 15.7. The Hall–Kier alpha value is -3.93. The Balaban J connectivity index is 1.90. The molecule has 4 rings (SSSR count). The van der Waals surface area contributed by atoms with Gasteiger partial charge >= 0.3 is 0 Å². The van der Waals surface area contributed by atoms with Crippen LogP contribution in [0.1, 0.15) is 11.1 Å². The van der Waals surface area contributed by atoms with Crippen LogP contribution in [0.2, 0.25) is 0 Å². The fraction of sp³-hybridized carbons (Fsp3) is 0.222. The highest BCUT2D eigenvalue weighted by Gasteiger charge is 2.22. The second kappa shape index (κ2) is 8.54. The van der Waals surface area contributed by atoms with Crippen molar-refractivity contribution in [3.63, 3.8) is 0 Å². The van der Waals surface area contributed by atoms with E-state index in [-0.39, 0.29) is 11.5 Å². The van der Waals surface area contributed by atoms with Gasteiger partial charge in [-0.1, -0.05) is 12.1 Å². The van der Waals surface area contributed by atoms with Gasteiger partial charge in [0.05, 0.1) is 5.56 Å². The number of nitrogens with zero attached hydrogens (tertiary/aromatic N) is 3. The van der Waals surface area contributed by atoms with Crippen molar-refractivity contribution in [3.05, 3.63) is 65.7 Å². The molecule has 0 bridgehead atoms. The number of phenolic OH excluding ortho intramolecular Hbond substituents is 2. The van der Waals surface area contributed by atoms with E-state index in [1.807, 2.05) is 86.5 Å². The molecule has 0 saturated carbocycles. The summed E-state index contributed by atoms with van der Waals surface area (Å²) in [6.07, 6.45) is 0. The minimum atomic E-state index is -0.0386. The zero-order valence-electron chi connectivity index (χ0n) is 19.8. The molecule has 170 valence electrons. The number of aromatic hydroxyl groups is 2. The van der Waals surface area contributed by atoms with Crippen LogP contribution in [0.15, 0.2) is 59.0 Å². The number of benzene rings is 3. The largest absolute Gasteiger partial charge is 0.507 e. The molecule has 4 aromatic rings. The fourth-order valence-corrected chi connectivity index (χ4v) is 3.78. The number of phenols is 2. The molecule has 0 aliphatic heterocycles. The minimum Gasteiger partial charge on any atom is -0.507 e. The lowest BCUT2D eigenvalue weighted by Crippen LogP contribution is -2.08. The van der Waals surface area contributed by atoms with E-state index in [0.29, 0.717) is 34.0 Å². The first-order valence-electron chi connectivity index (χ1n) is 10.8. The number of hydrogen-bond acceptors (Lipinski definition) is 6. The predicted molar refractivity (Wildman–Crippen MR) is 134 cm³/mol. The number of hydrogen-bond donors (Lipinski definition) is 2. The molecule has 0 atom stereocenters. The van der Waals surface area contributed by atoms with E-state index in [1.165, 1.54) is 0 Å². The van der Waals surface area contributed by atoms with Gasteiger partial charge < -0.3 is 24.4 Å². The van der Waals surface area contributed by atoms with E-state index >= 15 is 0 Å². The minimum absolute atomic E-state index is 0.0386. The Kier molecular flexibility index (Phi) is 5.77. The molecule has 0 aliphatic rings. The van der Waals surface area contributed by atoms with Crippen molar-refractivity contribution in [1.29, 1.82) is 0 Å². The van der Waals surface area contributed by atoms with Gasteiger partial charge in [0.15, 0.2) is 5.76 Å². The van der Waals surface area contributed by atoms with E-state index < -0.39 is 0 Å². The van der Waals surface area contributed by atoms with Crippen LogP contribution >= 0.6 is 0 Å². The van der Waals surface area contributed by atoms with Crippen molar-refractivity contribution in [2.24, 2.45) is 0 Å². The van der Waals surface area contributed by atoms with Gasteiger partial charge in [-0.15, -0.1) is 0 Å². The molecule has 1 heterocycles. The number of rotatable bonds is 5. The van der Waals surface area contributed by atoms with Crippen LogP contribution < -0.4 is 9.80 Å². The summed E-state index contributed by atoms with van der Waals surface area (Å²) in [5.41, 5.74) is 6.15. The van der Waals surface area contributed by atoms with Crippen LogP contribution in [0.3, 0.4) is 0 Å². The summed E-state index contributed by atoms with van der Waals surface area (Å²) in [5, 5.41) is 20.9. The molecular weight excluding hydrogens is 414 g/mol. The summed E-state index contributed by atoms with van der Waals surface area (Å²) in [5.74, 6) is 0.956. The molecule has 0 aliphatic carbocycles. The highest BCUT2D eigenvalue weighted by molar-refractivity contribution is 5.81. The smallest absolute Gasteiger partial charge is 0.231 e. The van der Waals surface area contributed by atoms with Gasteiger partial charge in [0, 0.05) is 56.3 Å². The molecule has 6 nitrogen and oxygen atoms in total. The van der Waals surface area contributed by atoms with E-state index in [9.17, 15) is 10.2 Å². The Morgan fingerprint density at radius 1 is 0.727 bits per heavy atom. The van der Waals surface area contributed by atoms with Crippen LogP contribution in [-0.4, -0.2) is 43.4 Å². The summed E-state index contributed by atoms with van der Waals surface area (Å²) in [6.45, 7) is 3.46. The van der Waals surface area contributed by atoms with Crippen molar-refractivity contribution in [2.45, 2.75) is 13.8 Å². The molecule has 0 fully saturated rings. The topological polar surface area (TPSA) is 73.0 Å². The first kappa shape index (κ1) is 22.3. The molecule has 0 radical (unpaired) electrons. The molecule has 0 unspecified atom stereocenters. The summed E-state index contributed by atoms with van der Waals surface area (Å²) in [6, 6.07) is 17.9. The first-order valence-corrected chi connectivity index (χ1v) is 10.8. The lowest BCUT2D eigenvalue weighted by atomic mass is 10.0. The predicted octanol–water partition coefficient (Wildman–Crippen LogP) is 5.84. The van der Waals surface area contributed by atoms with Crippen LogP contribution in [0, 0.1) is 13.8 Å². The Morgan fingerprint density at radius 2 is 1.24 bits per heavy atom. The summed E-state index contributed by atoms with van der Waals surface area (Å²) < 4.78 is 6.27. The number of aromatic nitrogens is 1. The van der Waals surface area contributed by atoms with Gasteiger partial charge in [-0.3, -0.25) is 0 Å². The van der Waals surface area contributed by atoms with Gasteiger partial charge in [0.2, 0.25) is 5.89 Å². The monoisotopic (exact) mass is 443 g/mol. The van der Waals surface area contributed by atoms with E-state index in [4.69, 9.17) is 9.40 Å². The van der Waals surface area contributed by atoms with Crippen LogP contribution in [0.5, 0.6) is 11.5 Å². The lowest BCUT2D eigenvalue weighted by molar-refractivity contribution is 0.440. The summed E-state index contributed by atoms with van der Waals surface area (Å²) in [7, 11) is 7.99. The van der Waals surface area contributed by atoms with Gasteiger partial charge in [-0.25, -0.2) is 4.98 Å². The van der Waals surface area contributed by atoms with Gasteiger partial charge in [-0.05, 0) is 61.9 Å². The number of oxazole rings is 1. The van der Waals surface area contributed by atoms with Crippen molar-refractivity contribution in [2.75, 3.05) is 38.0 Å². The normalized spacial score (nSPS) is 11.0. The van der Waals surface area contributed by atoms with Gasteiger partial charge in [-0.2, -0.15) is 0 Å². The third-order valence-electron chi connectivity index (χ3n) is 5.86. The maximum Gasteiger partial charge on any atom is 0.231 e. The summed E-state index contributed by atoms with van der Waals surface area (Å²) in [4.78, 5) is 8.88. The van der Waals surface area contributed by atoms with Crippen LogP contribution in [-0.2, 0) is 0 Å².